The van der Waals surface area contributed by atoms with Crippen molar-refractivity contribution >= 4 is 5.84 Å². The van der Waals surface area contributed by atoms with Crippen molar-refractivity contribution in [3.63, 3.8) is 0 Å². The van der Waals surface area contributed by atoms with Gasteiger partial charge in [0.25, 0.3) is 0 Å². The molecule has 0 saturated heterocycles. The number of nitrogens with one attached hydrogen (secondary N) is 1. The van der Waals surface area contributed by atoms with Gasteiger partial charge >= 0.3 is 0 Å². The van der Waals surface area contributed by atoms with Crippen LogP contribution in [0.5, 0.6) is 0 Å². The van der Waals surface area contributed by atoms with E-state index in [1.54, 1.807) is 123 Å². The van der Waals surface area contributed by atoms with Gasteiger partial charge in [-0.3, -0.25) is 39.7 Å². The van der Waals surface area contributed by atoms with Crippen molar-refractivity contribution in [2.75, 3.05) is 6.67 Å². The number of H-pyrrole nitrogens is 1. The first-order valence-corrected chi connectivity index (χ1v) is 24.8. The van der Waals surface area contributed by atoms with Crippen LogP contribution in [0.4, 0.5) is 0 Å². The number of aromatic nitrogens is 24. The highest BCUT2D eigenvalue weighted by Gasteiger charge is 1.89. The molecule has 0 aromatic carbocycles. The van der Waals surface area contributed by atoms with Crippen LogP contribution in [0, 0.1) is 76.2 Å². The molecule has 11 aromatic heterocycles. The predicted molar refractivity (Wildman–Crippen MR) is 311 cm³/mol. The molecule has 426 valence electrons. The van der Waals surface area contributed by atoms with E-state index in [2.05, 4.69) is 131 Å². The van der Waals surface area contributed by atoms with E-state index in [0.717, 1.165) is 57.6 Å². The molecule has 1 aliphatic heterocycles. The van der Waals surface area contributed by atoms with Gasteiger partial charge in [-0.15, -0.1) is 15.3 Å². The van der Waals surface area contributed by atoms with E-state index in [0.29, 0.717) is 12.5 Å². The Morgan fingerprint density at radius 1 is 0.390 bits per heavy atom. The van der Waals surface area contributed by atoms with Crippen LogP contribution in [0.1, 0.15) is 70.1 Å². The summed E-state index contributed by atoms with van der Waals surface area (Å²) in [5, 5.41) is 39.0. The van der Waals surface area contributed by atoms with E-state index >= 15 is 0 Å². The summed E-state index contributed by atoms with van der Waals surface area (Å²) in [4.78, 5) is 57.8. The monoisotopic (exact) mass is 1110 g/mol. The molecule has 0 radical (unpaired) electrons. The SMILES string of the molecule is CC1=NCN=N1.Cc1ccccn1.Cc1cccnc1.Cc1cccnn1.Cc1cnccn1.Cc1cnccn1.Cc1cncnn1.Cc1ncccn1.Cc1ncccn1.Cc1nccnn1.Cc1ncn[nH]1.Cc1ncnn1C. The summed E-state index contributed by atoms with van der Waals surface area (Å²) >= 11 is 0. The van der Waals surface area contributed by atoms with Crippen molar-refractivity contribution in [2.24, 2.45) is 22.3 Å². The van der Waals surface area contributed by atoms with Crippen LogP contribution < -0.4 is 0 Å². The van der Waals surface area contributed by atoms with Crippen LogP contribution in [0.2, 0.25) is 0 Å². The lowest BCUT2D eigenvalue weighted by atomic mass is 10.3. The van der Waals surface area contributed by atoms with E-state index in [1.165, 1.54) is 24.5 Å². The third-order valence-electron chi connectivity index (χ3n) is 8.35. The largest absolute Gasteiger partial charge is 0.264 e. The standard InChI is InChI=1S/2C6H7N.5C5H6N2.C4H7N3.2C4H5N3.2C3H5N3/c1-6-3-2-4-7-5-6;1-6-4-2-3-5-7-6;2*1-5-4-6-2-3-7-5;2*1-5-6-3-2-4-7-5;1-5-3-2-4-6-7-5;1-4-5-3-6-7(4)2;1-4-2-5-3-6-7-4;1-4-5-2-3-6-7-4;2*1-3-4-2-5-6-3/h2*2-5H,1H3;5*2-4H,1H3;3H,1-2H3;2*2-3H,1H3;2H2,1H3;2H,1H3,(H,4,5,6). The molecular weight excluding hydrogens is 1040 g/mol. The lowest BCUT2D eigenvalue weighted by Gasteiger charge is -1.84. The quantitative estimate of drug-likeness (QED) is 0.150. The van der Waals surface area contributed by atoms with Crippen LogP contribution in [0.25, 0.3) is 0 Å². The molecule has 0 saturated carbocycles. The Morgan fingerprint density at radius 2 is 0.939 bits per heavy atom. The first-order valence-electron chi connectivity index (χ1n) is 24.8. The molecule has 0 bridgehead atoms. The van der Waals surface area contributed by atoms with Gasteiger partial charge < -0.3 is 0 Å². The maximum absolute atomic E-state index is 3.98. The lowest BCUT2D eigenvalue weighted by molar-refractivity contribution is 0.734. The van der Waals surface area contributed by atoms with E-state index in [4.69, 9.17) is 0 Å². The minimum Gasteiger partial charge on any atom is -0.264 e. The maximum atomic E-state index is 3.98. The molecule has 0 atom stereocenters. The fraction of sp³-hybridized carbons (Fsp3) is 0.255. The summed E-state index contributed by atoms with van der Waals surface area (Å²) in [5.74, 6) is 4.94. The highest BCUT2D eigenvalue weighted by atomic mass is 15.3. The Labute approximate surface area is 478 Å². The first-order chi connectivity index (χ1) is 39.6. The van der Waals surface area contributed by atoms with Gasteiger partial charge in [0, 0.05) is 106 Å². The maximum Gasteiger partial charge on any atom is 0.152 e. The fourth-order valence-electron chi connectivity index (χ4n) is 4.32. The number of pyridine rings is 2. The number of hydrogen-bond acceptors (Lipinski definition) is 25. The third-order valence-corrected chi connectivity index (χ3v) is 8.35. The van der Waals surface area contributed by atoms with Crippen LogP contribution in [0.15, 0.2) is 194 Å². The van der Waals surface area contributed by atoms with Crippen molar-refractivity contribution < 1.29 is 0 Å². The van der Waals surface area contributed by atoms with Crippen LogP contribution in [0.3, 0.4) is 0 Å². The molecule has 12 rings (SSSR count). The zero-order valence-electron chi connectivity index (χ0n) is 48.6. The first kappa shape index (κ1) is 69.3. The average molecular weight is 1110 g/mol. The van der Waals surface area contributed by atoms with Crippen LogP contribution in [-0.2, 0) is 7.05 Å². The van der Waals surface area contributed by atoms with Gasteiger partial charge in [-0.25, -0.2) is 44.9 Å². The second-order valence-corrected chi connectivity index (χ2v) is 15.7. The summed E-state index contributed by atoms with van der Waals surface area (Å²) in [6, 6.07) is 17.2. The van der Waals surface area contributed by atoms with Gasteiger partial charge in [0.1, 0.15) is 53.9 Å². The molecule has 11 aromatic rings. The molecule has 0 spiro atoms. The van der Waals surface area contributed by atoms with E-state index < -0.39 is 0 Å². The summed E-state index contributed by atoms with van der Waals surface area (Å²) in [6.07, 6.45) is 33.3. The molecular formula is C55H71N27. The highest BCUT2D eigenvalue weighted by molar-refractivity contribution is 5.80. The Balaban J connectivity index is 0.000000447. The molecule has 0 amide bonds. The summed E-state index contributed by atoms with van der Waals surface area (Å²) in [7, 11) is 1.86. The highest BCUT2D eigenvalue weighted by Crippen LogP contribution is 1.91. The van der Waals surface area contributed by atoms with Crippen LogP contribution in [-0.4, -0.2) is 133 Å². The average Bonchev–Trinajstić information content (AvgIpc) is 4.28. The molecule has 82 heavy (non-hydrogen) atoms. The van der Waals surface area contributed by atoms with E-state index in [1.807, 2.05) is 132 Å². The van der Waals surface area contributed by atoms with Crippen molar-refractivity contribution in [1.82, 2.24) is 120 Å². The summed E-state index contributed by atoms with van der Waals surface area (Å²) in [6.45, 7) is 23.2. The molecule has 0 fully saturated rings. The number of aryl methyl sites for hydroxylation is 12. The van der Waals surface area contributed by atoms with Crippen molar-refractivity contribution in [3.05, 3.63) is 242 Å². The summed E-state index contributed by atoms with van der Waals surface area (Å²) in [5.41, 5.74) is 6.01. The Kier molecular flexibility index (Phi) is 40.1. The number of amidine groups is 1. The van der Waals surface area contributed by atoms with Gasteiger partial charge in [-0.1, -0.05) is 12.1 Å². The van der Waals surface area contributed by atoms with E-state index in [9.17, 15) is 0 Å². The van der Waals surface area contributed by atoms with Crippen molar-refractivity contribution in [3.8, 4) is 0 Å². The second-order valence-electron chi connectivity index (χ2n) is 15.7. The van der Waals surface area contributed by atoms with Crippen molar-refractivity contribution in [1.29, 1.82) is 0 Å². The van der Waals surface area contributed by atoms with E-state index in [-0.39, 0.29) is 0 Å². The minimum atomic E-state index is 0.534. The van der Waals surface area contributed by atoms with Gasteiger partial charge in [0.05, 0.1) is 35.2 Å². The number of nitrogens with zero attached hydrogens (tertiary/aromatic N) is 26. The Hall–Kier alpha value is -10.7. The van der Waals surface area contributed by atoms with Gasteiger partial charge in [0.2, 0.25) is 0 Å². The zero-order chi connectivity index (χ0) is 60.1. The number of aliphatic imine (C=N–C) groups is 1. The molecule has 27 nitrogen and oxygen atoms in total. The topological polar surface area (TPSA) is 341 Å². The second kappa shape index (κ2) is 47.5. The lowest BCUT2D eigenvalue weighted by Crippen LogP contribution is -1.91. The van der Waals surface area contributed by atoms with Crippen LogP contribution >= 0.6 is 0 Å². The third kappa shape index (κ3) is 44.4. The van der Waals surface area contributed by atoms with Gasteiger partial charge in [-0.05, 0) is 131 Å². The predicted octanol–water partition coefficient (Wildman–Crippen LogP) is 8.13. The zero-order valence-corrected chi connectivity index (χ0v) is 48.6. The Morgan fingerprint density at radius 3 is 1.15 bits per heavy atom. The molecule has 1 aliphatic rings. The van der Waals surface area contributed by atoms with Gasteiger partial charge in [-0.2, -0.15) is 35.7 Å². The minimum absolute atomic E-state index is 0.534. The Bertz CT molecular complexity index is 2600. The fourth-order valence-corrected chi connectivity index (χ4v) is 4.32. The molecule has 27 heteroatoms. The van der Waals surface area contributed by atoms with Crippen molar-refractivity contribution in [2.45, 2.75) is 83.1 Å². The molecule has 12 heterocycles. The molecule has 1 N–H and O–H groups in total. The summed E-state index contributed by atoms with van der Waals surface area (Å²) < 4.78 is 1.72. The molecule has 0 aliphatic carbocycles. The number of hydrogen-bond donors (Lipinski definition) is 1. The smallest absolute Gasteiger partial charge is 0.152 e. The number of rotatable bonds is 0. The molecule has 0 unspecified atom stereocenters. The number of aromatic amines is 1. The number of azo groups is 1. The normalized spacial score (nSPS) is 9.50. The van der Waals surface area contributed by atoms with Gasteiger partial charge in [0.15, 0.2) is 6.67 Å².